The molecule has 0 saturated carbocycles. The van der Waals surface area contributed by atoms with Gasteiger partial charge in [-0.3, -0.25) is 0 Å². The molecule has 0 amide bonds. The van der Waals surface area contributed by atoms with E-state index in [-0.39, 0.29) is 0 Å². The van der Waals surface area contributed by atoms with Crippen LogP contribution >= 0.6 is 22.6 Å². The lowest BCUT2D eigenvalue weighted by molar-refractivity contribution is 0.586. The Bertz CT molecular complexity index is 396. The molecule has 0 bridgehead atoms. The van der Waals surface area contributed by atoms with Gasteiger partial charge in [-0.25, -0.2) is 4.98 Å². The number of aromatic nitrogens is 2. The van der Waals surface area contributed by atoms with Gasteiger partial charge in [-0.2, -0.15) is 4.39 Å². The van der Waals surface area contributed by atoms with E-state index < -0.39 is 5.95 Å². The molecule has 2 nitrogen and oxygen atoms in total. The van der Waals surface area contributed by atoms with Crippen molar-refractivity contribution >= 4 is 33.5 Å². The van der Waals surface area contributed by atoms with E-state index in [1.54, 1.807) is 0 Å². The van der Waals surface area contributed by atoms with Gasteiger partial charge in [0, 0.05) is 21.2 Å². The van der Waals surface area contributed by atoms with Crippen LogP contribution in [0.1, 0.15) is 0 Å². The predicted molar refractivity (Wildman–Crippen MR) is 48.8 cm³/mol. The van der Waals surface area contributed by atoms with Crippen LogP contribution in [0.2, 0.25) is 0 Å². The van der Waals surface area contributed by atoms with E-state index in [0.717, 1.165) is 14.5 Å². The van der Waals surface area contributed by atoms with Crippen molar-refractivity contribution in [2.24, 2.45) is 0 Å². The lowest BCUT2D eigenvalue weighted by Gasteiger charge is -1.88. The summed E-state index contributed by atoms with van der Waals surface area (Å²) in [5, 5.41) is 0.887. The maximum atomic E-state index is 12.6. The first-order valence-corrected chi connectivity index (χ1v) is 4.13. The maximum absolute atomic E-state index is 12.6. The van der Waals surface area contributed by atoms with Gasteiger partial charge in [0.15, 0.2) is 0 Å². The molecule has 2 heterocycles. The molecule has 0 unspecified atom stereocenters. The quantitative estimate of drug-likeness (QED) is 0.572. The molecule has 0 aliphatic heterocycles. The molecule has 0 radical (unpaired) electrons. The first-order chi connectivity index (χ1) is 5.27. The van der Waals surface area contributed by atoms with Crippen LogP contribution in [0.15, 0.2) is 18.5 Å². The van der Waals surface area contributed by atoms with Gasteiger partial charge in [0.2, 0.25) is 5.95 Å². The molecule has 0 saturated heterocycles. The Labute approximate surface area is 76.0 Å². The third kappa shape index (κ3) is 1.11. The smallest absolute Gasteiger partial charge is 0.213 e. The molecule has 0 aromatic carbocycles. The van der Waals surface area contributed by atoms with E-state index in [2.05, 4.69) is 32.6 Å². The lowest BCUT2D eigenvalue weighted by atomic mass is 10.3. The third-order valence-corrected chi connectivity index (χ3v) is 2.37. The number of aromatic amines is 1. The molecular formula is C7H4FIN2. The summed E-state index contributed by atoms with van der Waals surface area (Å²) in [5.74, 6) is -0.435. The van der Waals surface area contributed by atoms with Crippen molar-refractivity contribution in [3.05, 3.63) is 28.0 Å². The zero-order chi connectivity index (χ0) is 7.84. The number of rotatable bonds is 0. The van der Waals surface area contributed by atoms with Crippen LogP contribution in [0.3, 0.4) is 0 Å². The first kappa shape index (κ1) is 7.02. The normalized spacial score (nSPS) is 10.7. The zero-order valence-electron chi connectivity index (χ0n) is 5.44. The monoisotopic (exact) mass is 262 g/mol. The molecule has 2 rings (SSSR count). The Morgan fingerprint density at radius 1 is 1.55 bits per heavy atom. The van der Waals surface area contributed by atoms with Crippen molar-refractivity contribution in [2.45, 2.75) is 0 Å². The van der Waals surface area contributed by atoms with Crippen LogP contribution in [0.5, 0.6) is 0 Å². The Morgan fingerprint density at radius 2 is 2.36 bits per heavy atom. The highest BCUT2D eigenvalue weighted by molar-refractivity contribution is 14.1. The van der Waals surface area contributed by atoms with Crippen LogP contribution in [-0.4, -0.2) is 9.97 Å². The van der Waals surface area contributed by atoms with Crippen LogP contribution < -0.4 is 0 Å². The average molecular weight is 262 g/mol. The second-order valence-corrected chi connectivity index (χ2v) is 3.35. The summed E-state index contributed by atoms with van der Waals surface area (Å²) in [4.78, 5) is 6.50. The van der Waals surface area contributed by atoms with E-state index >= 15 is 0 Å². The van der Waals surface area contributed by atoms with Crippen molar-refractivity contribution in [2.75, 3.05) is 0 Å². The largest absolute Gasteiger partial charge is 0.359 e. The van der Waals surface area contributed by atoms with Crippen molar-refractivity contribution in [1.82, 2.24) is 9.97 Å². The highest BCUT2D eigenvalue weighted by atomic mass is 127. The van der Waals surface area contributed by atoms with Gasteiger partial charge in [-0.1, -0.05) is 0 Å². The highest BCUT2D eigenvalue weighted by Crippen LogP contribution is 2.18. The molecule has 56 valence electrons. The fourth-order valence-electron chi connectivity index (χ4n) is 0.961. The van der Waals surface area contributed by atoms with Crippen LogP contribution in [0.4, 0.5) is 4.39 Å². The van der Waals surface area contributed by atoms with Gasteiger partial charge in [-0.05, 0) is 22.6 Å². The van der Waals surface area contributed by atoms with E-state index in [0.29, 0.717) is 0 Å². The Balaban J connectivity index is 2.87. The number of nitrogens with zero attached hydrogens (tertiary/aromatic N) is 1. The van der Waals surface area contributed by atoms with E-state index in [4.69, 9.17) is 0 Å². The lowest BCUT2D eigenvalue weighted by Crippen LogP contribution is -1.79. The summed E-state index contributed by atoms with van der Waals surface area (Å²) in [7, 11) is 0. The zero-order valence-corrected chi connectivity index (χ0v) is 7.59. The summed E-state index contributed by atoms with van der Waals surface area (Å²) >= 11 is 2.14. The second kappa shape index (κ2) is 2.44. The third-order valence-electron chi connectivity index (χ3n) is 1.48. The fraction of sp³-hybridized carbons (Fsp3) is 0. The number of H-pyrrole nitrogens is 1. The van der Waals surface area contributed by atoms with Crippen LogP contribution in [0.25, 0.3) is 10.9 Å². The molecule has 0 aliphatic rings. The molecule has 0 spiro atoms. The molecule has 4 heteroatoms. The van der Waals surface area contributed by atoms with Gasteiger partial charge in [0.25, 0.3) is 0 Å². The fourth-order valence-corrected chi connectivity index (χ4v) is 1.56. The Hall–Kier alpha value is -0.650. The van der Waals surface area contributed by atoms with E-state index in [9.17, 15) is 4.39 Å². The van der Waals surface area contributed by atoms with E-state index in [1.807, 2.05) is 6.20 Å². The Kier molecular flexibility index (Phi) is 1.56. The number of nitrogens with one attached hydrogen (secondary N) is 1. The molecular weight excluding hydrogens is 258 g/mol. The van der Waals surface area contributed by atoms with Crippen molar-refractivity contribution < 1.29 is 4.39 Å². The van der Waals surface area contributed by atoms with Gasteiger partial charge >= 0.3 is 0 Å². The Morgan fingerprint density at radius 3 is 3.18 bits per heavy atom. The van der Waals surface area contributed by atoms with Gasteiger partial charge in [-0.15, -0.1) is 0 Å². The summed E-state index contributed by atoms with van der Waals surface area (Å²) in [6.07, 6.45) is 3.32. The molecule has 2 aromatic heterocycles. The molecule has 0 aliphatic carbocycles. The van der Waals surface area contributed by atoms with E-state index in [1.165, 1.54) is 12.3 Å². The SMILES string of the molecule is Fc1cc2c(I)c[nH]c2cn1. The summed E-state index contributed by atoms with van der Waals surface area (Å²) in [6.45, 7) is 0. The minimum atomic E-state index is -0.435. The van der Waals surface area contributed by atoms with Crippen molar-refractivity contribution in [3.63, 3.8) is 0 Å². The molecule has 0 fully saturated rings. The summed E-state index contributed by atoms with van der Waals surface area (Å²) in [6, 6.07) is 1.42. The predicted octanol–water partition coefficient (Wildman–Crippen LogP) is 2.31. The minimum Gasteiger partial charge on any atom is -0.359 e. The van der Waals surface area contributed by atoms with Gasteiger partial charge < -0.3 is 4.98 Å². The summed E-state index contributed by atoms with van der Waals surface area (Å²) < 4.78 is 13.6. The first-order valence-electron chi connectivity index (χ1n) is 3.05. The van der Waals surface area contributed by atoms with Gasteiger partial charge in [0.05, 0.1) is 11.7 Å². The molecule has 2 aromatic rings. The average Bonchev–Trinajstić information content (AvgIpc) is 2.33. The summed E-state index contributed by atoms with van der Waals surface area (Å²) in [5.41, 5.74) is 0.871. The van der Waals surface area contributed by atoms with Crippen molar-refractivity contribution in [3.8, 4) is 0 Å². The number of hydrogen-bond acceptors (Lipinski definition) is 1. The number of fused-ring (bicyclic) bond motifs is 1. The highest BCUT2D eigenvalue weighted by Gasteiger charge is 2.01. The maximum Gasteiger partial charge on any atom is 0.213 e. The molecule has 11 heavy (non-hydrogen) atoms. The number of hydrogen-bond donors (Lipinski definition) is 1. The number of halogens is 2. The van der Waals surface area contributed by atoms with Crippen LogP contribution in [0, 0.1) is 9.52 Å². The molecule has 1 N–H and O–H groups in total. The standard InChI is InChI=1S/C7H4FIN2/c8-7-1-4-5(9)2-10-6(4)3-11-7/h1-3,10H. The van der Waals surface area contributed by atoms with Crippen molar-refractivity contribution in [1.29, 1.82) is 0 Å². The van der Waals surface area contributed by atoms with Crippen LogP contribution in [-0.2, 0) is 0 Å². The van der Waals surface area contributed by atoms with Gasteiger partial charge in [0.1, 0.15) is 0 Å². The minimum absolute atomic E-state index is 0.435. The number of pyridine rings is 1. The topological polar surface area (TPSA) is 28.7 Å². The molecule has 0 atom stereocenters. The second-order valence-electron chi connectivity index (χ2n) is 2.19.